The summed E-state index contributed by atoms with van der Waals surface area (Å²) in [5, 5.41) is 3.37. The third-order valence-electron chi connectivity index (χ3n) is 3.95. The topological polar surface area (TPSA) is 15.3 Å². The van der Waals surface area contributed by atoms with E-state index in [0.717, 1.165) is 6.54 Å². The summed E-state index contributed by atoms with van der Waals surface area (Å²) in [4.78, 5) is 3.72. The molecule has 1 unspecified atom stereocenters. The fraction of sp³-hybridized carbons (Fsp3) is 0.600. The van der Waals surface area contributed by atoms with E-state index in [1.54, 1.807) is 11.8 Å². The van der Waals surface area contributed by atoms with Crippen molar-refractivity contribution < 1.29 is 0 Å². The third kappa shape index (κ3) is 2.73. The van der Waals surface area contributed by atoms with E-state index in [1.807, 2.05) is 0 Å². The highest BCUT2D eigenvalue weighted by Gasteiger charge is 2.50. The standard InChI is InChI=1S/C15H24N2S/c1-16-11-15(9-10-15)14(17(2)3)12-5-7-13(18-4)8-6-12/h5-8,14,16H,9-11H2,1-4H3. The van der Waals surface area contributed by atoms with Crippen LogP contribution in [0.25, 0.3) is 0 Å². The summed E-state index contributed by atoms with van der Waals surface area (Å²) in [5.74, 6) is 0. The molecule has 2 nitrogen and oxygen atoms in total. The zero-order valence-corrected chi connectivity index (χ0v) is 12.7. The lowest BCUT2D eigenvalue weighted by Crippen LogP contribution is -2.34. The average Bonchev–Trinajstić information content (AvgIpc) is 3.11. The zero-order chi connectivity index (χ0) is 13.2. The van der Waals surface area contributed by atoms with Crippen LogP contribution in [-0.4, -0.2) is 38.8 Å². The smallest absolute Gasteiger partial charge is 0.0410 e. The summed E-state index contributed by atoms with van der Waals surface area (Å²) in [6.07, 6.45) is 4.80. The largest absolute Gasteiger partial charge is 0.319 e. The van der Waals surface area contributed by atoms with Crippen LogP contribution < -0.4 is 5.32 Å². The maximum Gasteiger partial charge on any atom is 0.0410 e. The summed E-state index contributed by atoms with van der Waals surface area (Å²) in [5.41, 5.74) is 1.89. The van der Waals surface area contributed by atoms with Crippen molar-refractivity contribution in [3.63, 3.8) is 0 Å². The molecule has 0 bridgehead atoms. The number of rotatable bonds is 6. The second-order valence-corrected chi connectivity index (χ2v) is 6.41. The van der Waals surface area contributed by atoms with Crippen LogP contribution in [0.1, 0.15) is 24.4 Å². The van der Waals surface area contributed by atoms with E-state index < -0.39 is 0 Å². The molecule has 18 heavy (non-hydrogen) atoms. The van der Waals surface area contributed by atoms with E-state index >= 15 is 0 Å². The van der Waals surface area contributed by atoms with Gasteiger partial charge in [0, 0.05) is 22.9 Å². The Morgan fingerprint density at radius 2 is 1.89 bits per heavy atom. The molecule has 0 heterocycles. The normalized spacial score (nSPS) is 18.9. The van der Waals surface area contributed by atoms with Gasteiger partial charge in [0.25, 0.3) is 0 Å². The Kier molecular flexibility index (Phi) is 4.36. The molecule has 2 rings (SSSR count). The first-order valence-electron chi connectivity index (χ1n) is 6.58. The predicted molar refractivity (Wildman–Crippen MR) is 80.2 cm³/mol. The Hall–Kier alpha value is -0.510. The summed E-state index contributed by atoms with van der Waals surface area (Å²) in [6.45, 7) is 1.11. The van der Waals surface area contributed by atoms with E-state index in [4.69, 9.17) is 0 Å². The van der Waals surface area contributed by atoms with Crippen LogP contribution >= 0.6 is 11.8 Å². The Morgan fingerprint density at radius 1 is 1.28 bits per heavy atom. The van der Waals surface area contributed by atoms with Crippen molar-refractivity contribution in [2.75, 3.05) is 33.9 Å². The number of benzene rings is 1. The van der Waals surface area contributed by atoms with Crippen LogP contribution in [-0.2, 0) is 0 Å². The van der Waals surface area contributed by atoms with Gasteiger partial charge in [0.1, 0.15) is 0 Å². The second-order valence-electron chi connectivity index (χ2n) is 5.53. The molecule has 1 N–H and O–H groups in total. The van der Waals surface area contributed by atoms with E-state index in [9.17, 15) is 0 Å². The molecule has 1 aliphatic rings. The summed E-state index contributed by atoms with van der Waals surface area (Å²) in [6, 6.07) is 9.61. The summed E-state index contributed by atoms with van der Waals surface area (Å²) < 4.78 is 0. The molecule has 0 aliphatic heterocycles. The number of nitrogens with zero attached hydrogens (tertiary/aromatic N) is 1. The van der Waals surface area contributed by atoms with Gasteiger partial charge in [-0.1, -0.05) is 12.1 Å². The van der Waals surface area contributed by atoms with Gasteiger partial charge < -0.3 is 10.2 Å². The van der Waals surface area contributed by atoms with Crippen molar-refractivity contribution in [1.82, 2.24) is 10.2 Å². The first kappa shape index (κ1) is 13.9. The zero-order valence-electron chi connectivity index (χ0n) is 11.9. The molecule has 1 saturated carbocycles. The second kappa shape index (κ2) is 5.64. The first-order chi connectivity index (χ1) is 8.63. The molecule has 0 radical (unpaired) electrons. The lowest BCUT2D eigenvalue weighted by atomic mass is 9.89. The SMILES string of the molecule is CNCC1(C(c2ccc(SC)cc2)N(C)C)CC1. The van der Waals surface area contributed by atoms with Crippen LogP contribution in [0.4, 0.5) is 0 Å². The Labute approximate surface area is 115 Å². The van der Waals surface area contributed by atoms with Crippen molar-refractivity contribution >= 4 is 11.8 Å². The van der Waals surface area contributed by atoms with Gasteiger partial charge in [-0.25, -0.2) is 0 Å². The minimum atomic E-state index is 0.444. The summed E-state index contributed by atoms with van der Waals surface area (Å²) >= 11 is 1.81. The van der Waals surface area contributed by atoms with Crippen LogP contribution in [0.2, 0.25) is 0 Å². The molecule has 3 heteroatoms. The van der Waals surface area contributed by atoms with Crippen molar-refractivity contribution in [3.05, 3.63) is 29.8 Å². The first-order valence-corrected chi connectivity index (χ1v) is 7.80. The number of hydrogen-bond acceptors (Lipinski definition) is 3. The van der Waals surface area contributed by atoms with Gasteiger partial charge in [-0.2, -0.15) is 0 Å². The highest BCUT2D eigenvalue weighted by Crippen LogP contribution is 2.56. The third-order valence-corrected chi connectivity index (χ3v) is 4.69. The molecular formula is C15H24N2S. The van der Waals surface area contributed by atoms with Crippen molar-refractivity contribution in [2.45, 2.75) is 23.8 Å². The van der Waals surface area contributed by atoms with E-state index in [-0.39, 0.29) is 0 Å². The number of thioether (sulfide) groups is 1. The molecule has 0 spiro atoms. The van der Waals surface area contributed by atoms with Gasteiger partial charge in [0.2, 0.25) is 0 Å². The van der Waals surface area contributed by atoms with Gasteiger partial charge in [-0.3, -0.25) is 0 Å². The molecule has 0 amide bonds. The molecular weight excluding hydrogens is 240 g/mol. The molecule has 1 aromatic carbocycles. The lowest BCUT2D eigenvalue weighted by molar-refractivity contribution is 0.191. The Morgan fingerprint density at radius 3 is 2.28 bits per heavy atom. The molecule has 100 valence electrons. The van der Waals surface area contributed by atoms with Gasteiger partial charge in [0.15, 0.2) is 0 Å². The van der Waals surface area contributed by atoms with Crippen LogP contribution in [0.15, 0.2) is 29.2 Å². The van der Waals surface area contributed by atoms with Crippen molar-refractivity contribution in [1.29, 1.82) is 0 Å². The number of nitrogens with one attached hydrogen (secondary N) is 1. The van der Waals surface area contributed by atoms with Crippen LogP contribution in [0.5, 0.6) is 0 Å². The molecule has 0 aromatic heterocycles. The highest BCUT2D eigenvalue weighted by atomic mass is 32.2. The monoisotopic (exact) mass is 264 g/mol. The van der Waals surface area contributed by atoms with Gasteiger partial charge >= 0.3 is 0 Å². The number of hydrogen-bond donors (Lipinski definition) is 1. The maximum atomic E-state index is 3.37. The van der Waals surface area contributed by atoms with Crippen LogP contribution in [0, 0.1) is 5.41 Å². The van der Waals surface area contributed by atoms with Crippen molar-refractivity contribution in [3.8, 4) is 0 Å². The molecule has 0 saturated heterocycles. The predicted octanol–water partition coefficient (Wildman–Crippen LogP) is 3.01. The molecule has 1 atom stereocenters. The van der Waals surface area contributed by atoms with Crippen molar-refractivity contribution in [2.24, 2.45) is 5.41 Å². The lowest BCUT2D eigenvalue weighted by Gasteiger charge is -2.33. The fourth-order valence-electron chi connectivity index (χ4n) is 3.05. The molecule has 1 aliphatic carbocycles. The maximum absolute atomic E-state index is 3.37. The van der Waals surface area contributed by atoms with Gasteiger partial charge in [-0.05, 0) is 57.9 Å². The van der Waals surface area contributed by atoms with E-state index in [0.29, 0.717) is 11.5 Å². The quantitative estimate of drug-likeness (QED) is 0.795. The molecule has 1 fully saturated rings. The van der Waals surface area contributed by atoms with Crippen LogP contribution in [0.3, 0.4) is 0 Å². The summed E-state index contributed by atoms with van der Waals surface area (Å²) in [7, 11) is 6.45. The van der Waals surface area contributed by atoms with Gasteiger partial charge in [0.05, 0.1) is 0 Å². The fourth-order valence-corrected chi connectivity index (χ4v) is 3.45. The van der Waals surface area contributed by atoms with E-state index in [1.165, 1.54) is 23.3 Å². The minimum absolute atomic E-state index is 0.444. The highest BCUT2D eigenvalue weighted by molar-refractivity contribution is 7.98. The minimum Gasteiger partial charge on any atom is -0.319 e. The average molecular weight is 264 g/mol. The van der Waals surface area contributed by atoms with E-state index in [2.05, 4.69) is 61.9 Å². The Balaban J connectivity index is 2.24. The molecule has 1 aromatic rings. The van der Waals surface area contributed by atoms with Gasteiger partial charge in [-0.15, -0.1) is 11.8 Å². The Bertz CT molecular complexity index is 382.